The Labute approximate surface area is 145 Å². The van der Waals surface area contributed by atoms with E-state index in [1.165, 1.54) is 11.8 Å². The fraction of sp³-hybridized carbons (Fsp3) is 0.222. The molecule has 0 saturated heterocycles. The smallest absolute Gasteiger partial charge is 0.237 e. The Bertz CT molecular complexity index is 830. The van der Waals surface area contributed by atoms with Gasteiger partial charge in [0.25, 0.3) is 0 Å². The number of anilines is 1. The van der Waals surface area contributed by atoms with Crippen LogP contribution >= 0.6 is 11.8 Å². The van der Waals surface area contributed by atoms with E-state index >= 15 is 0 Å². The van der Waals surface area contributed by atoms with Gasteiger partial charge in [-0.2, -0.15) is 0 Å². The van der Waals surface area contributed by atoms with Crippen LogP contribution in [0.1, 0.15) is 13.8 Å². The second-order valence-electron chi connectivity index (χ2n) is 5.24. The second-order valence-corrected chi connectivity index (χ2v) is 6.55. The molecule has 0 aliphatic carbocycles. The fourth-order valence-electron chi connectivity index (χ4n) is 2.26. The van der Waals surface area contributed by atoms with Gasteiger partial charge in [-0.05, 0) is 50.2 Å². The van der Waals surface area contributed by atoms with Crippen LogP contribution in [0.15, 0.2) is 60.0 Å². The molecule has 2 aromatic heterocycles. The number of pyridine rings is 1. The zero-order valence-corrected chi connectivity index (χ0v) is 14.4. The SMILES string of the molecule is CCOc1ccc(NC(=O)C(C)Sc2ncc3ccccn23)cc1. The Morgan fingerprint density at radius 3 is 2.83 bits per heavy atom. The van der Waals surface area contributed by atoms with E-state index in [1.807, 2.05) is 66.9 Å². The van der Waals surface area contributed by atoms with E-state index < -0.39 is 0 Å². The number of rotatable bonds is 6. The molecular formula is C18H19N3O2S. The topological polar surface area (TPSA) is 55.6 Å². The van der Waals surface area contributed by atoms with Crippen molar-refractivity contribution in [1.82, 2.24) is 9.38 Å². The van der Waals surface area contributed by atoms with Gasteiger partial charge in [0.1, 0.15) is 5.75 Å². The molecule has 3 rings (SSSR count). The van der Waals surface area contributed by atoms with Crippen molar-refractivity contribution in [3.05, 3.63) is 54.9 Å². The van der Waals surface area contributed by atoms with Crippen LogP contribution in [0.25, 0.3) is 5.52 Å². The summed E-state index contributed by atoms with van der Waals surface area (Å²) >= 11 is 1.43. The van der Waals surface area contributed by atoms with E-state index in [-0.39, 0.29) is 11.2 Å². The number of nitrogens with one attached hydrogen (secondary N) is 1. The first-order valence-corrected chi connectivity index (χ1v) is 8.68. The molecule has 124 valence electrons. The summed E-state index contributed by atoms with van der Waals surface area (Å²) in [5.74, 6) is 0.735. The Hall–Kier alpha value is -2.47. The molecule has 0 fully saturated rings. The maximum absolute atomic E-state index is 12.4. The summed E-state index contributed by atoms with van der Waals surface area (Å²) in [7, 11) is 0. The van der Waals surface area contributed by atoms with E-state index in [4.69, 9.17) is 4.74 Å². The minimum absolute atomic E-state index is 0.0585. The van der Waals surface area contributed by atoms with Crippen molar-refractivity contribution in [2.24, 2.45) is 0 Å². The molecule has 0 bridgehead atoms. The lowest BCUT2D eigenvalue weighted by Gasteiger charge is -2.12. The third kappa shape index (κ3) is 3.71. The molecule has 1 unspecified atom stereocenters. The number of carbonyl (C=O) groups excluding carboxylic acids is 1. The first-order chi connectivity index (χ1) is 11.7. The summed E-state index contributed by atoms with van der Waals surface area (Å²) in [5.41, 5.74) is 1.77. The molecule has 0 saturated carbocycles. The first kappa shape index (κ1) is 16.4. The van der Waals surface area contributed by atoms with Gasteiger partial charge >= 0.3 is 0 Å². The van der Waals surface area contributed by atoms with E-state index in [0.29, 0.717) is 6.61 Å². The van der Waals surface area contributed by atoms with Gasteiger partial charge < -0.3 is 10.1 Å². The van der Waals surface area contributed by atoms with E-state index in [9.17, 15) is 4.79 Å². The zero-order valence-electron chi connectivity index (χ0n) is 13.6. The molecule has 1 N–H and O–H groups in total. The highest BCUT2D eigenvalue weighted by Gasteiger charge is 2.17. The standard InChI is InChI=1S/C18H19N3O2S/c1-3-23-16-9-7-14(8-10-16)20-17(22)13(2)24-18-19-12-15-6-4-5-11-21(15)18/h4-13H,3H2,1-2H3,(H,20,22). The van der Waals surface area contributed by atoms with Crippen molar-refractivity contribution in [3.8, 4) is 5.75 Å². The van der Waals surface area contributed by atoms with Crippen LogP contribution in [0, 0.1) is 0 Å². The van der Waals surface area contributed by atoms with Gasteiger partial charge in [-0.25, -0.2) is 4.98 Å². The molecule has 1 amide bonds. The van der Waals surface area contributed by atoms with E-state index in [2.05, 4.69) is 10.3 Å². The molecule has 3 aromatic rings. The van der Waals surface area contributed by atoms with Gasteiger partial charge in [-0.3, -0.25) is 9.20 Å². The number of nitrogens with zero attached hydrogens (tertiary/aromatic N) is 2. The predicted molar refractivity (Wildman–Crippen MR) is 96.8 cm³/mol. The third-order valence-corrected chi connectivity index (χ3v) is 4.57. The number of benzene rings is 1. The lowest BCUT2D eigenvalue weighted by molar-refractivity contribution is -0.115. The van der Waals surface area contributed by atoms with Crippen LogP contribution in [0.4, 0.5) is 5.69 Å². The number of ether oxygens (including phenoxy) is 1. The van der Waals surface area contributed by atoms with E-state index in [1.54, 1.807) is 6.20 Å². The number of hydrogen-bond donors (Lipinski definition) is 1. The van der Waals surface area contributed by atoms with Crippen molar-refractivity contribution < 1.29 is 9.53 Å². The minimum Gasteiger partial charge on any atom is -0.494 e. The van der Waals surface area contributed by atoms with Crippen LogP contribution in [0.2, 0.25) is 0 Å². The lowest BCUT2D eigenvalue weighted by Crippen LogP contribution is -2.22. The minimum atomic E-state index is -0.262. The first-order valence-electron chi connectivity index (χ1n) is 7.80. The van der Waals surface area contributed by atoms with Crippen LogP contribution in [0.5, 0.6) is 5.75 Å². The van der Waals surface area contributed by atoms with Crippen molar-refractivity contribution in [3.63, 3.8) is 0 Å². The molecular weight excluding hydrogens is 322 g/mol. The Morgan fingerprint density at radius 1 is 1.29 bits per heavy atom. The monoisotopic (exact) mass is 341 g/mol. The number of carbonyl (C=O) groups is 1. The molecule has 6 heteroatoms. The van der Waals surface area contributed by atoms with Crippen LogP contribution < -0.4 is 10.1 Å². The highest BCUT2D eigenvalue weighted by atomic mass is 32.2. The number of imidazole rings is 1. The molecule has 1 atom stereocenters. The largest absolute Gasteiger partial charge is 0.494 e. The predicted octanol–water partition coefficient (Wildman–Crippen LogP) is 3.85. The Balaban J connectivity index is 1.64. The number of thioether (sulfide) groups is 1. The third-order valence-electron chi connectivity index (χ3n) is 3.49. The molecule has 24 heavy (non-hydrogen) atoms. The molecule has 5 nitrogen and oxygen atoms in total. The lowest BCUT2D eigenvalue weighted by atomic mass is 10.3. The quantitative estimate of drug-likeness (QED) is 0.692. The van der Waals surface area contributed by atoms with Gasteiger partial charge in [0.2, 0.25) is 5.91 Å². The Kier molecular flexibility index (Phi) is 5.05. The van der Waals surface area contributed by atoms with Gasteiger partial charge in [-0.1, -0.05) is 17.8 Å². The fourth-order valence-corrected chi connectivity index (χ4v) is 3.14. The number of aromatic nitrogens is 2. The molecule has 1 aromatic carbocycles. The van der Waals surface area contributed by atoms with Crippen molar-refractivity contribution >= 4 is 28.9 Å². The highest BCUT2D eigenvalue weighted by Crippen LogP contribution is 2.24. The zero-order chi connectivity index (χ0) is 16.9. The summed E-state index contributed by atoms with van der Waals surface area (Å²) in [6.07, 6.45) is 3.75. The number of fused-ring (bicyclic) bond motifs is 1. The summed E-state index contributed by atoms with van der Waals surface area (Å²) in [6.45, 7) is 4.43. The summed E-state index contributed by atoms with van der Waals surface area (Å²) in [4.78, 5) is 16.8. The summed E-state index contributed by atoms with van der Waals surface area (Å²) in [5, 5.41) is 3.46. The van der Waals surface area contributed by atoms with Gasteiger partial charge in [-0.15, -0.1) is 0 Å². The van der Waals surface area contributed by atoms with Gasteiger partial charge in [0.05, 0.1) is 23.6 Å². The second kappa shape index (κ2) is 7.40. The van der Waals surface area contributed by atoms with Gasteiger partial charge in [0.15, 0.2) is 5.16 Å². The molecule has 0 aliphatic rings. The van der Waals surface area contributed by atoms with Crippen molar-refractivity contribution in [2.75, 3.05) is 11.9 Å². The van der Waals surface area contributed by atoms with E-state index in [0.717, 1.165) is 22.1 Å². The number of amides is 1. The highest BCUT2D eigenvalue weighted by molar-refractivity contribution is 8.00. The normalized spacial score (nSPS) is 12.1. The molecule has 2 heterocycles. The molecule has 0 spiro atoms. The van der Waals surface area contributed by atoms with Gasteiger partial charge in [0, 0.05) is 11.9 Å². The van der Waals surface area contributed by atoms with Crippen LogP contribution in [0.3, 0.4) is 0 Å². The molecule has 0 radical (unpaired) electrons. The van der Waals surface area contributed by atoms with Crippen molar-refractivity contribution in [1.29, 1.82) is 0 Å². The maximum Gasteiger partial charge on any atom is 0.237 e. The maximum atomic E-state index is 12.4. The van der Waals surface area contributed by atoms with Crippen LogP contribution in [-0.4, -0.2) is 27.1 Å². The molecule has 0 aliphatic heterocycles. The summed E-state index contributed by atoms with van der Waals surface area (Å²) in [6, 6.07) is 13.3. The average Bonchev–Trinajstić information content (AvgIpc) is 3.00. The van der Waals surface area contributed by atoms with Crippen LogP contribution in [-0.2, 0) is 4.79 Å². The number of hydrogen-bond acceptors (Lipinski definition) is 4. The van der Waals surface area contributed by atoms with Crippen molar-refractivity contribution in [2.45, 2.75) is 24.3 Å². The summed E-state index contributed by atoms with van der Waals surface area (Å²) < 4.78 is 7.37. The Morgan fingerprint density at radius 2 is 2.08 bits per heavy atom. The average molecular weight is 341 g/mol.